The normalized spacial score (nSPS) is 10.4. The fraction of sp³-hybridized carbons (Fsp3) is 0.143. The summed E-state index contributed by atoms with van der Waals surface area (Å²) >= 11 is 0. The van der Waals surface area contributed by atoms with Gasteiger partial charge in [0.05, 0.1) is 5.69 Å². The van der Waals surface area contributed by atoms with Crippen molar-refractivity contribution < 1.29 is 13.9 Å². The van der Waals surface area contributed by atoms with Gasteiger partial charge < -0.3 is 10.0 Å². The highest BCUT2D eigenvalue weighted by molar-refractivity contribution is 5.48. The summed E-state index contributed by atoms with van der Waals surface area (Å²) in [6.07, 6.45) is 0. The molecule has 0 atom stereocenters. The van der Waals surface area contributed by atoms with Gasteiger partial charge in [0.2, 0.25) is 0 Å². The van der Waals surface area contributed by atoms with Crippen LogP contribution >= 0.6 is 0 Å². The van der Waals surface area contributed by atoms with E-state index < -0.39 is 5.82 Å². The van der Waals surface area contributed by atoms with Crippen molar-refractivity contribution in [2.75, 3.05) is 11.9 Å². The van der Waals surface area contributed by atoms with Crippen LogP contribution in [0.4, 0.5) is 14.5 Å². The number of halogens is 2. The van der Waals surface area contributed by atoms with Crippen molar-refractivity contribution >= 4 is 5.69 Å². The third-order valence-corrected chi connectivity index (χ3v) is 2.74. The first-order chi connectivity index (χ1) is 8.59. The fourth-order valence-corrected chi connectivity index (χ4v) is 1.79. The summed E-state index contributed by atoms with van der Waals surface area (Å²) in [7, 11) is 1.68. The Hall–Kier alpha value is -2.10. The molecule has 18 heavy (non-hydrogen) atoms. The maximum absolute atomic E-state index is 13.5. The molecule has 0 aliphatic carbocycles. The van der Waals surface area contributed by atoms with Crippen LogP contribution in [0.5, 0.6) is 5.75 Å². The summed E-state index contributed by atoms with van der Waals surface area (Å²) in [6.45, 7) is 0.227. The Morgan fingerprint density at radius 1 is 1.00 bits per heavy atom. The molecule has 0 aliphatic heterocycles. The average Bonchev–Trinajstić information content (AvgIpc) is 2.35. The molecule has 2 rings (SSSR count). The zero-order valence-electron chi connectivity index (χ0n) is 9.90. The highest BCUT2D eigenvalue weighted by atomic mass is 19.1. The minimum atomic E-state index is -0.672. The Morgan fingerprint density at radius 2 is 1.67 bits per heavy atom. The quantitative estimate of drug-likeness (QED) is 0.902. The summed E-state index contributed by atoms with van der Waals surface area (Å²) in [6, 6.07) is 10.6. The van der Waals surface area contributed by atoms with Crippen molar-refractivity contribution in [1.29, 1.82) is 0 Å². The Morgan fingerprint density at radius 3 is 2.39 bits per heavy atom. The summed E-state index contributed by atoms with van der Waals surface area (Å²) in [5.74, 6) is -1.41. The van der Waals surface area contributed by atoms with Gasteiger partial charge in [0.15, 0.2) is 11.6 Å². The SMILES string of the molecule is CN(Cc1cccc(F)c1O)c1ccccc1F. The van der Waals surface area contributed by atoms with E-state index in [1.54, 1.807) is 36.2 Å². The standard InChI is InChI=1S/C14H13F2NO/c1-17(13-8-3-2-6-11(13)15)9-10-5-4-7-12(16)14(10)18/h2-8,18H,9H2,1H3. The molecule has 0 aromatic heterocycles. The predicted octanol–water partition coefficient (Wildman–Crippen LogP) is 3.31. The summed E-state index contributed by atoms with van der Waals surface area (Å²) in [5.41, 5.74) is 0.821. The second-order valence-corrected chi connectivity index (χ2v) is 4.06. The predicted molar refractivity (Wildman–Crippen MR) is 66.6 cm³/mol. The maximum Gasteiger partial charge on any atom is 0.165 e. The number of nitrogens with zero attached hydrogens (tertiary/aromatic N) is 1. The van der Waals surface area contributed by atoms with Crippen molar-refractivity contribution in [3.63, 3.8) is 0 Å². The third-order valence-electron chi connectivity index (χ3n) is 2.74. The lowest BCUT2D eigenvalue weighted by molar-refractivity contribution is 0.425. The lowest BCUT2D eigenvalue weighted by Gasteiger charge is -2.20. The highest BCUT2D eigenvalue weighted by Crippen LogP contribution is 2.25. The molecular weight excluding hydrogens is 236 g/mol. The van der Waals surface area contributed by atoms with Crippen LogP contribution in [0.15, 0.2) is 42.5 Å². The van der Waals surface area contributed by atoms with E-state index in [0.717, 1.165) is 0 Å². The number of aromatic hydroxyl groups is 1. The van der Waals surface area contributed by atoms with Crippen LogP contribution in [0.3, 0.4) is 0 Å². The van der Waals surface area contributed by atoms with E-state index in [4.69, 9.17) is 0 Å². The van der Waals surface area contributed by atoms with Crippen LogP contribution in [0, 0.1) is 11.6 Å². The number of hydrogen-bond acceptors (Lipinski definition) is 2. The molecule has 0 spiro atoms. The van der Waals surface area contributed by atoms with Crippen LogP contribution < -0.4 is 4.90 Å². The molecule has 0 unspecified atom stereocenters. The molecule has 0 aliphatic rings. The van der Waals surface area contributed by atoms with E-state index in [1.807, 2.05) is 0 Å². The Kier molecular flexibility index (Phi) is 3.46. The molecule has 0 heterocycles. The van der Waals surface area contributed by atoms with Crippen LogP contribution in [0.1, 0.15) is 5.56 Å². The lowest BCUT2D eigenvalue weighted by Crippen LogP contribution is -2.17. The first-order valence-corrected chi connectivity index (χ1v) is 5.51. The maximum atomic E-state index is 13.5. The first-order valence-electron chi connectivity index (χ1n) is 5.51. The molecular formula is C14H13F2NO. The zero-order chi connectivity index (χ0) is 13.1. The van der Waals surface area contributed by atoms with E-state index in [9.17, 15) is 13.9 Å². The van der Waals surface area contributed by atoms with Crippen LogP contribution in [-0.2, 0) is 6.54 Å². The Labute approximate surface area is 104 Å². The largest absolute Gasteiger partial charge is 0.505 e. The smallest absolute Gasteiger partial charge is 0.165 e. The summed E-state index contributed by atoms with van der Waals surface area (Å²) in [5, 5.41) is 9.57. The molecule has 0 fully saturated rings. The number of anilines is 1. The molecule has 4 heteroatoms. The van der Waals surface area contributed by atoms with Gasteiger partial charge >= 0.3 is 0 Å². The average molecular weight is 249 g/mol. The van der Waals surface area contributed by atoms with Crippen molar-refractivity contribution in [3.8, 4) is 5.75 Å². The molecule has 2 aromatic rings. The minimum Gasteiger partial charge on any atom is -0.505 e. The zero-order valence-corrected chi connectivity index (χ0v) is 9.90. The van der Waals surface area contributed by atoms with Gasteiger partial charge in [-0.1, -0.05) is 24.3 Å². The molecule has 2 nitrogen and oxygen atoms in total. The summed E-state index contributed by atoms with van der Waals surface area (Å²) < 4.78 is 26.7. The minimum absolute atomic E-state index is 0.227. The van der Waals surface area contributed by atoms with Crippen molar-refractivity contribution in [1.82, 2.24) is 0 Å². The highest BCUT2D eigenvalue weighted by Gasteiger charge is 2.11. The first kappa shape index (κ1) is 12.4. The second kappa shape index (κ2) is 5.04. The van der Waals surface area contributed by atoms with E-state index in [2.05, 4.69) is 0 Å². The van der Waals surface area contributed by atoms with Crippen LogP contribution in [0.2, 0.25) is 0 Å². The van der Waals surface area contributed by atoms with Gasteiger partial charge in [0.1, 0.15) is 5.82 Å². The topological polar surface area (TPSA) is 23.5 Å². The molecule has 2 aromatic carbocycles. The number of rotatable bonds is 3. The molecule has 0 saturated carbocycles. The van der Waals surface area contributed by atoms with Gasteiger partial charge in [0, 0.05) is 19.2 Å². The van der Waals surface area contributed by atoms with E-state index >= 15 is 0 Å². The van der Waals surface area contributed by atoms with Gasteiger partial charge in [0.25, 0.3) is 0 Å². The van der Waals surface area contributed by atoms with Gasteiger partial charge in [-0.25, -0.2) is 8.78 Å². The number of phenolic OH excluding ortho intramolecular Hbond substituents is 1. The Balaban J connectivity index is 2.24. The third kappa shape index (κ3) is 2.42. The van der Waals surface area contributed by atoms with Crippen molar-refractivity contribution in [2.45, 2.75) is 6.54 Å². The fourth-order valence-electron chi connectivity index (χ4n) is 1.79. The molecule has 1 N–H and O–H groups in total. The molecule has 0 bridgehead atoms. The van der Waals surface area contributed by atoms with E-state index in [0.29, 0.717) is 11.3 Å². The van der Waals surface area contributed by atoms with Crippen LogP contribution in [-0.4, -0.2) is 12.2 Å². The van der Waals surface area contributed by atoms with Crippen molar-refractivity contribution in [2.24, 2.45) is 0 Å². The van der Waals surface area contributed by atoms with Crippen LogP contribution in [0.25, 0.3) is 0 Å². The van der Waals surface area contributed by atoms with Gasteiger partial charge in [-0.05, 0) is 18.2 Å². The number of phenols is 1. The number of para-hydroxylation sites is 2. The van der Waals surface area contributed by atoms with Crippen molar-refractivity contribution in [3.05, 3.63) is 59.7 Å². The number of hydrogen-bond donors (Lipinski definition) is 1. The second-order valence-electron chi connectivity index (χ2n) is 4.06. The number of benzene rings is 2. The monoisotopic (exact) mass is 249 g/mol. The van der Waals surface area contributed by atoms with E-state index in [-0.39, 0.29) is 18.1 Å². The lowest BCUT2D eigenvalue weighted by atomic mass is 10.1. The molecule has 94 valence electrons. The molecule has 0 saturated heterocycles. The molecule has 0 amide bonds. The van der Waals surface area contributed by atoms with Gasteiger partial charge in [-0.3, -0.25) is 0 Å². The van der Waals surface area contributed by atoms with E-state index in [1.165, 1.54) is 18.2 Å². The summed E-state index contributed by atoms with van der Waals surface area (Å²) in [4.78, 5) is 1.61. The molecule has 0 radical (unpaired) electrons. The van der Waals surface area contributed by atoms with Gasteiger partial charge in [-0.2, -0.15) is 0 Å². The Bertz CT molecular complexity index is 557. The van der Waals surface area contributed by atoms with Gasteiger partial charge in [-0.15, -0.1) is 0 Å².